The minimum atomic E-state index is 0.558. The summed E-state index contributed by atoms with van der Waals surface area (Å²) in [4.78, 5) is 2.39. The second-order valence-electron chi connectivity index (χ2n) is 6.55. The Kier molecular flexibility index (Phi) is 6.85. The Morgan fingerprint density at radius 3 is 1.78 bits per heavy atom. The molecule has 2 aromatic carbocycles. The molecule has 0 amide bonds. The summed E-state index contributed by atoms with van der Waals surface area (Å²) in [6.45, 7) is 9.26. The van der Waals surface area contributed by atoms with Crippen LogP contribution in [0.5, 0.6) is 0 Å². The molecule has 1 aliphatic rings. The van der Waals surface area contributed by atoms with E-state index < -0.39 is 0 Å². The van der Waals surface area contributed by atoms with Crippen molar-refractivity contribution in [2.75, 3.05) is 20.1 Å². The van der Waals surface area contributed by atoms with Crippen molar-refractivity contribution in [3.05, 3.63) is 59.7 Å². The zero-order valence-corrected chi connectivity index (χ0v) is 15.2. The molecule has 0 spiro atoms. The molecule has 0 saturated heterocycles. The molecule has 0 aliphatic heterocycles. The van der Waals surface area contributed by atoms with Gasteiger partial charge in [0.2, 0.25) is 0 Å². The molecule has 0 bridgehead atoms. The smallest absolute Gasteiger partial charge is 0.00733 e. The zero-order chi connectivity index (χ0) is 16.7. The molecule has 0 fully saturated rings. The van der Waals surface area contributed by atoms with Crippen molar-refractivity contribution in [3.8, 4) is 11.1 Å². The Bertz CT molecular complexity index is 557. The average molecular weight is 309 g/mol. The lowest BCUT2D eigenvalue weighted by molar-refractivity contribution is 0.329. The first-order chi connectivity index (χ1) is 11.2. The molecule has 0 radical (unpaired) electrons. The van der Waals surface area contributed by atoms with Crippen LogP contribution in [0.3, 0.4) is 0 Å². The molecule has 1 aliphatic carbocycles. The zero-order valence-electron chi connectivity index (χ0n) is 15.2. The fourth-order valence-electron chi connectivity index (χ4n) is 3.33. The molecular formula is C22H31N. The molecule has 0 unspecified atom stereocenters. The summed E-state index contributed by atoms with van der Waals surface area (Å²) < 4.78 is 0. The van der Waals surface area contributed by atoms with Crippen LogP contribution >= 0.6 is 0 Å². The van der Waals surface area contributed by atoms with Crippen LogP contribution < -0.4 is 0 Å². The van der Waals surface area contributed by atoms with Gasteiger partial charge in [0.15, 0.2) is 0 Å². The lowest BCUT2D eigenvalue weighted by Gasteiger charge is -2.13. The van der Waals surface area contributed by atoms with Crippen LogP contribution in [-0.2, 0) is 0 Å². The van der Waals surface area contributed by atoms with Gasteiger partial charge in [0.25, 0.3) is 0 Å². The van der Waals surface area contributed by atoms with Crippen molar-refractivity contribution in [1.29, 1.82) is 0 Å². The van der Waals surface area contributed by atoms with Gasteiger partial charge in [-0.1, -0.05) is 75.7 Å². The van der Waals surface area contributed by atoms with E-state index in [1.807, 2.05) is 0 Å². The van der Waals surface area contributed by atoms with Crippen molar-refractivity contribution in [2.24, 2.45) is 0 Å². The van der Waals surface area contributed by atoms with Crippen LogP contribution in [-0.4, -0.2) is 25.0 Å². The molecule has 3 rings (SSSR count). The van der Waals surface area contributed by atoms with Crippen LogP contribution in [0.4, 0.5) is 0 Å². The van der Waals surface area contributed by atoms with E-state index in [-0.39, 0.29) is 0 Å². The first kappa shape index (κ1) is 17.7. The number of hydrogen-bond acceptors (Lipinski definition) is 1. The lowest BCUT2D eigenvalue weighted by atomic mass is 10.00. The lowest BCUT2D eigenvalue weighted by Crippen LogP contribution is -2.19. The predicted molar refractivity (Wildman–Crippen MR) is 102 cm³/mol. The number of rotatable bonds is 5. The van der Waals surface area contributed by atoms with Crippen molar-refractivity contribution in [3.63, 3.8) is 0 Å². The summed E-state index contributed by atoms with van der Waals surface area (Å²) in [5.41, 5.74) is 5.76. The van der Waals surface area contributed by atoms with Crippen LogP contribution in [0, 0.1) is 0 Å². The maximum atomic E-state index is 2.39. The summed E-state index contributed by atoms with van der Waals surface area (Å²) in [5, 5.41) is 0. The van der Waals surface area contributed by atoms with Crippen molar-refractivity contribution >= 4 is 0 Å². The quantitative estimate of drug-likeness (QED) is 0.660. The minimum Gasteiger partial charge on any atom is -0.306 e. The van der Waals surface area contributed by atoms with Crippen LogP contribution in [0.1, 0.15) is 57.1 Å². The normalized spacial score (nSPS) is 12.6. The highest BCUT2D eigenvalue weighted by atomic mass is 15.1. The van der Waals surface area contributed by atoms with Crippen LogP contribution in [0.25, 0.3) is 11.1 Å². The van der Waals surface area contributed by atoms with E-state index in [0.717, 1.165) is 0 Å². The van der Waals surface area contributed by atoms with Gasteiger partial charge in [0.1, 0.15) is 0 Å². The molecule has 124 valence electrons. The van der Waals surface area contributed by atoms with Crippen molar-refractivity contribution in [1.82, 2.24) is 4.90 Å². The fourth-order valence-corrected chi connectivity index (χ4v) is 3.33. The molecule has 0 heterocycles. The van der Waals surface area contributed by atoms with Crippen LogP contribution in [0.2, 0.25) is 0 Å². The largest absolute Gasteiger partial charge is 0.306 e. The number of hydrogen-bond donors (Lipinski definition) is 0. The molecule has 1 nitrogen and oxygen atoms in total. The van der Waals surface area contributed by atoms with Gasteiger partial charge >= 0.3 is 0 Å². The van der Waals surface area contributed by atoms with Crippen LogP contribution in [0.15, 0.2) is 48.5 Å². The third-order valence-corrected chi connectivity index (χ3v) is 4.64. The first-order valence-electron chi connectivity index (χ1n) is 9.05. The van der Waals surface area contributed by atoms with Gasteiger partial charge in [-0.15, -0.1) is 0 Å². The summed E-state index contributed by atoms with van der Waals surface area (Å²) >= 11 is 0. The predicted octanol–water partition coefficient (Wildman–Crippen LogP) is 5.95. The van der Waals surface area contributed by atoms with Crippen molar-refractivity contribution in [2.45, 2.75) is 46.0 Å². The summed E-state index contributed by atoms with van der Waals surface area (Å²) in [7, 11) is 2.19. The molecule has 1 heteroatoms. The highest BCUT2D eigenvalue weighted by Crippen LogP contribution is 2.43. The third kappa shape index (κ3) is 4.45. The molecule has 0 N–H and O–H groups in total. The monoisotopic (exact) mass is 309 g/mol. The van der Waals surface area contributed by atoms with Gasteiger partial charge in [-0.25, -0.2) is 0 Å². The van der Waals surface area contributed by atoms with Gasteiger partial charge < -0.3 is 4.90 Å². The van der Waals surface area contributed by atoms with E-state index in [0.29, 0.717) is 5.92 Å². The van der Waals surface area contributed by atoms with Gasteiger partial charge in [-0.3, -0.25) is 0 Å². The second-order valence-corrected chi connectivity index (χ2v) is 6.55. The highest BCUT2D eigenvalue weighted by Gasteiger charge is 2.23. The number of benzene rings is 2. The molecule has 0 aromatic heterocycles. The Hall–Kier alpha value is -1.60. The maximum Gasteiger partial charge on any atom is 0.00733 e. The van der Waals surface area contributed by atoms with Crippen molar-refractivity contribution < 1.29 is 0 Å². The van der Waals surface area contributed by atoms with Gasteiger partial charge in [0.05, 0.1) is 0 Å². The van der Waals surface area contributed by atoms with E-state index in [2.05, 4.69) is 81.2 Å². The van der Waals surface area contributed by atoms with E-state index in [1.54, 1.807) is 0 Å². The molecule has 0 saturated carbocycles. The number of nitrogens with zero attached hydrogens (tertiary/aromatic N) is 1. The Balaban J connectivity index is 0.000000188. The van der Waals surface area contributed by atoms with E-state index in [4.69, 9.17) is 0 Å². The Morgan fingerprint density at radius 2 is 1.30 bits per heavy atom. The number of unbranched alkanes of at least 4 members (excludes halogenated alkanes) is 1. The standard InChI is InChI=1S/C14H12.C8H19N/c1-10-11-6-2-4-8-13(11)14-9-5-3-7-12(10)14;1-4-6-8-9(3)7-5-2/h2-10H,1H3;4-8H2,1-3H3. The third-order valence-electron chi connectivity index (χ3n) is 4.64. The molecule has 23 heavy (non-hydrogen) atoms. The SMILES string of the molecule is CC1c2ccccc2-c2ccccc21.CCCCN(C)CCC. The second kappa shape index (κ2) is 8.88. The maximum absolute atomic E-state index is 2.39. The van der Waals surface area contributed by atoms with Gasteiger partial charge in [0, 0.05) is 5.92 Å². The molecular weight excluding hydrogens is 278 g/mol. The summed E-state index contributed by atoms with van der Waals surface area (Å²) in [6.07, 6.45) is 3.94. The first-order valence-corrected chi connectivity index (χ1v) is 9.05. The Morgan fingerprint density at radius 1 is 0.783 bits per heavy atom. The Labute approximate surface area is 142 Å². The average Bonchev–Trinajstić information content (AvgIpc) is 2.88. The topological polar surface area (TPSA) is 3.24 Å². The van der Waals surface area contributed by atoms with Gasteiger partial charge in [-0.05, 0) is 55.2 Å². The summed E-state index contributed by atoms with van der Waals surface area (Å²) in [6, 6.07) is 17.4. The van der Waals surface area contributed by atoms with E-state index in [1.165, 1.54) is 54.6 Å². The molecule has 2 aromatic rings. The molecule has 0 atom stereocenters. The summed E-state index contributed by atoms with van der Waals surface area (Å²) in [5.74, 6) is 0.558. The fraction of sp³-hybridized carbons (Fsp3) is 0.455. The number of fused-ring (bicyclic) bond motifs is 3. The van der Waals surface area contributed by atoms with Gasteiger partial charge in [-0.2, -0.15) is 0 Å². The minimum absolute atomic E-state index is 0.558. The van der Waals surface area contributed by atoms with E-state index >= 15 is 0 Å². The highest BCUT2D eigenvalue weighted by molar-refractivity contribution is 5.78. The van der Waals surface area contributed by atoms with E-state index in [9.17, 15) is 0 Å².